The first-order chi connectivity index (χ1) is 14.1. The van der Waals surface area contributed by atoms with Crippen LogP contribution in [0.3, 0.4) is 0 Å². The molecule has 0 spiro atoms. The minimum atomic E-state index is -0.825. The lowest BCUT2D eigenvalue weighted by atomic mass is 10.1. The van der Waals surface area contributed by atoms with Crippen LogP contribution in [-0.4, -0.2) is 29.3 Å². The van der Waals surface area contributed by atoms with Crippen molar-refractivity contribution < 1.29 is 14.0 Å². The van der Waals surface area contributed by atoms with Gasteiger partial charge in [0.25, 0.3) is 0 Å². The predicted molar refractivity (Wildman–Crippen MR) is 119 cm³/mol. The Morgan fingerprint density at radius 1 is 0.967 bits per heavy atom. The molecule has 0 unspecified atom stereocenters. The Morgan fingerprint density at radius 3 is 2.03 bits per heavy atom. The zero-order valence-corrected chi connectivity index (χ0v) is 19.3. The maximum Gasteiger partial charge on any atom is 0.242 e. The number of nitrogens with zero attached hydrogens (tertiary/aromatic N) is 1. The molecule has 0 aliphatic rings. The summed E-state index contributed by atoms with van der Waals surface area (Å²) in [6.45, 7) is 6.02. The Kier molecular flexibility index (Phi) is 8.95. The number of benzene rings is 2. The Hall–Kier alpha value is -1.82. The van der Waals surface area contributed by atoms with Gasteiger partial charge in [0.2, 0.25) is 11.8 Å². The largest absolute Gasteiger partial charge is 0.354 e. The van der Waals surface area contributed by atoms with Crippen molar-refractivity contribution in [2.75, 3.05) is 6.54 Å². The van der Waals surface area contributed by atoms with Crippen molar-refractivity contribution in [3.8, 4) is 0 Å². The molecule has 2 rings (SSSR count). The zero-order valence-electron chi connectivity index (χ0n) is 17.0. The highest BCUT2D eigenvalue weighted by Crippen LogP contribution is 2.27. The van der Waals surface area contributed by atoms with Crippen molar-refractivity contribution in [1.29, 1.82) is 0 Å². The molecule has 0 bridgehead atoms. The van der Waals surface area contributed by atoms with Gasteiger partial charge in [0.1, 0.15) is 11.9 Å². The topological polar surface area (TPSA) is 49.4 Å². The molecule has 162 valence electrons. The standard InChI is InChI=1S/C22H24Cl3FN2O2/c1-13(2)11-27-22(30)14(3)28(12-16-18(24)6-4-7-19(16)25)21(29)10-15-17(23)8-5-9-20(15)26/h4-9,13-14H,10-12H2,1-3H3,(H,27,30)/t14-/m0/s1. The summed E-state index contributed by atoms with van der Waals surface area (Å²) >= 11 is 18.6. The molecule has 1 N–H and O–H groups in total. The number of hydrogen-bond acceptors (Lipinski definition) is 2. The normalized spacial score (nSPS) is 12.0. The third kappa shape index (κ3) is 6.34. The molecule has 0 aliphatic carbocycles. The van der Waals surface area contributed by atoms with E-state index in [1.54, 1.807) is 25.1 Å². The van der Waals surface area contributed by atoms with E-state index in [-0.39, 0.29) is 35.4 Å². The smallest absolute Gasteiger partial charge is 0.242 e. The van der Waals surface area contributed by atoms with E-state index in [4.69, 9.17) is 34.8 Å². The second-order valence-electron chi connectivity index (χ2n) is 7.41. The van der Waals surface area contributed by atoms with E-state index >= 15 is 0 Å². The van der Waals surface area contributed by atoms with Crippen molar-refractivity contribution in [2.45, 2.75) is 39.8 Å². The van der Waals surface area contributed by atoms with Gasteiger partial charge in [0, 0.05) is 39.3 Å². The van der Waals surface area contributed by atoms with Crippen molar-refractivity contribution in [3.63, 3.8) is 0 Å². The van der Waals surface area contributed by atoms with E-state index in [9.17, 15) is 14.0 Å². The lowest BCUT2D eigenvalue weighted by Crippen LogP contribution is -2.48. The lowest BCUT2D eigenvalue weighted by molar-refractivity contribution is -0.140. The molecule has 0 heterocycles. The second kappa shape index (κ2) is 11.0. The number of halogens is 4. The van der Waals surface area contributed by atoms with Crippen molar-refractivity contribution in [3.05, 3.63) is 68.4 Å². The molecule has 2 aromatic carbocycles. The zero-order chi connectivity index (χ0) is 22.4. The number of nitrogens with one attached hydrogen (secondary N) is 1. The quantitative estimate of drug-likeness (QED) is 0.549. The molecule has 0 aromatic heterocycles. The van der Waals surface area contributed by atoms with Crippen LogP contribution in [0.2, 0.25) is 15.1 Å². The summed E-state index contributed by atoms with van der Waals surface area (Å²) in [5, 5.41) is 3.72. The molecule has 2 aromatic rings. The maximum atomic E-state index is 14.2. The number of hydrogen-bond donors (Lipinski definition) is 1. The molecular formula is C22H24Cl3FN2O2. The first-order valence-corrected chi connectivity index (χ1v) is 10.7. The minimum Gasteiger partial charge on any atom is -0.354 e. The Bertz CT molecular complexity index is 881. The van der Waals surface area contributed by atoms with Crippen LogP contribution in [-0.2, 0) is 22.6 Å². The van der Waals surface area contributed by atoms with Gasteiger partial charge in [0.05, 0.1) is 6.42 Å². The summed E-state index contributed by atoms with van der Waals surface area (Å²) in [5.74, 6) is -1.12. The summed E-state index contributed by atoms with van der Waals surface area (Å²) in [6.07, 6.45) is -0.296. The molecule has 0 fully saturated rings. The third-order valence-corrected chi connectivity index (χ3v) is 5.69. The Balaban J connectivity index is 2.34. The third-order valence-electron chi connectivity index (χ3n) is 4.63. The van der Waals surface area contributed by atoms with Crippen LogP contribution in [0.4, 0.5) is 4.39 Å². The van der Waals surface area contributed by atoms with Crippen LogP contribution in [0.15, 0.2) is 36.4 Å². The molecule has 0 saturated carbocycles. The maximum absolute atomic E-state index is 14.2. The average molecular weight is 474 g/mol. The van der Waals surface area contributed by atoms with Crippen LogP contribution in [0.25, 0.3) is 0 Å². The van der Waals surface area contributed by atoms with Crippen LogP contribution in [0.5, 0.6) is 0 Å². The van der Waals surface area contributed by atoms with E-state index in [1.807, 2.05) is 13.8 Å². The van der Waals surface area contributed by atoms with Gasteiger partial charge in [0.15, 0.2) is 0 Å². The van der Waals surface area contributed by atoms with E-state index in [0.29, 0.717) is 22.2 Å². The molecule has 1 atom stereocenters. The molecule has 0 saturated heterocycles. The summed E-state index contributed by atoms with van der Waals surface area (Å²) in [5.41, 5.74) is 0.589. The van der Waals surface area contributed by atoms with Gasteiger partial charge >= 0.3 is 0 Å². The SMILES string of the molecule is CC(C)CNC(=O)[C@H](C)N(Cc1c(Cl)cccc1Cl)C(=O)Cc1c(F)cccc1Cl. The molecule has 30 heavy (non-hydrogen) atoms. The van der Waals surface area contributed by atoms with Gasteiger partial charge in [-0.2, -0.15) is 0 Å². The highest BCUT2D eigenvalue weighted by atomic mass is 35.5. The van der Waals surface area contributed by atoms with E-state index in [2.05, 4.69) is 5.32 Å². The van der Waals surface area contributed by atoms with Crippen LogP contribution < -0.4 is 5.32 Å². The van der Waals surface area contributed by atoms with Crippen molar-refractivity contribution >= 4 is 46.6 Å². The fourth-order valence-corrected chi connectivity index (χ4v) is 3.59. The summed E-state index contributed by atoms with van der Waals surface area (Å²) in [7, 11) is 0. The first kappa shape index (κ1) is 24.4. The first-order valence-electron chi connectivity index (χ1n) is 9.54. The molecular weight excluding hydrogens is 450 g/mol. The van der Waals surface area contributed by atoms with Gasteiger partial charge in [-0.15, -0.1) is 0 Å². The van der Waals surface area contributed by atoms with Gasteiger partial charge in [-0.3, -0.25) is 9.59 Å². The molecule has 0 radical (unpaired) electrons. The highest BCUT2D eigenvalue weighted by molar-refractivity contribution is 6.36. The lowest BCUT2D eigenvalue weighted by Gasteiger charge is -2.30. The Morgan fingerprint density at radius 2 is 1.50 bits per heavy atom. The van der Waals surface area contributed by atoms with E-state index < -0.39 is 17.8 Å². The molecule has 8 heteroatoms. The Labute approximate surface area is 191 Å². The number of carbonyl (C=O) groups is 2. The molecule has 2 amide bonds. The minimum absolute atomic E-state index is 0.000321. The monoisotopic (exact) mass is 472 g/mol. The molecule has 0 aliphatic heterocycles. The molecule has 4 nitrogen and oxygen atoms in total. The van der Waals surface area contributed by atoms with E-state index in [1.165, 1.54) is 23.1 Å². The van der Waals surface area contributed by atoms with Gasteiger partial charge in [-0.05, 0) is 37.1 Å². The van der Waals surface area contributed by atoms with E-state index in [0.717, 1.165) is 0 Å². The summed E-state index contributed by atoms with van der Waals surface area (Å²) in [6, 6.07) is 8.40. The van der Waals surface area contributed by atoms with Gasteiger partial charge in [-0.25, -0.2) is 4.39 Å². The number of rotatable bonds is 8. The average Bonchev–Trinajstić information content (AvgIpc) is 2.68. The van der Waals surface area contributed by atoms with Crippen LogP contribution >= 0.6 is 34.8 Å². The second-order valence-corrected chi connectivity index (χ2v) is 8.64. The van der Waals surface area contributed by atoms with Crippen LogP contribution in [0.1, 0.15) is 31.9 Å². The summed E-state index contributed by atoms with van der Waals surface area (Å²) < 4.78 is 14.2. The van der Waals surface area contributed by atoms with Gasteiger partial charge < -0.3 is 10.2 Å². The number of carbonyl (C=O) groups excluding carboxylic acids is 2. The fraction of sp³-hybridized carbons (Fsp3) is 0.364. The van der Waals surface area contributed by atoms with Crippen LogP contribution in [0, 0.1) is 11.7 Å². The fourth-order valence-electron chi connectivity index (χ4n) is 2.84. The van der Waals surface area contributed by atoms with Crippen molar-refractivity contribution in [2.24, 2.45) is 5.92 Å². The predicted octanol–water partition coefficient (Wildman–Crippen LogP) is 5.52. The van der Waals surface area contributed by atoms with Gasteiger partial charge in [-0.1, -0.05) is 60.8 Å². The highest BCUT2D eigenvalue weighted by Gasteiger charge is 2.28. The number of amides is 2. The summed E-state index contributed by atoms with van der Waals surface area (Å²) in [4.78, 5) is 27.2. The van der Waals surface area contributed by atoms with Crippen molar-refractivity contribution in [1.82, 2.24) is 10.2 Å².